The van der Waals surface area contributed by atoms with Crippen molar-refractivity contribution in [3.05, 3.63) is 28.8 Å². The van der Waals surface area contributed by atoms with Crippen LogP contribution < -0.4 is 10.6 Å². The fraction of sp³-hybridized carbons (Fsp3) is 0.500. The highest BCUT2D eigenvalue weighted by molar-refractivity contribution is 6.33. The molecule has 1 fully saturated rings. The number of rotatable bonds is 3. The van der Waals surface area contributed by atoms with Gasteiger partial charge in [0.1, 0.15) is 0 Å². The zero-order chi connectivity index (χ0) is 14.0. The van der Waals surface area contributed by atoms with Crippen molar-refractivity contribution in [2.45, 2.75) is 20.3 Å². The number of oxime groups is 1. The lowest BCUT2D eigenvalue weighted by Crippen LogP contribution is -2.22. The molecule has 1 atom stereocenters. The van der Waals surface area contributed by atoms with Crippen LogP contribution in [-0.2, 0) is 0 Å². The number of hydrogen-bond donors (Lipinski definition) is 2. The molecule has 1 unspecified atom stereocenters. The molecule has 0 amide bonds. The predicted molar refractivity (Wildman–Crippen MR) is 79.1 cm³/mol. The Bertz CT molecular complexity index is 488. The summed E-state index contributed by atoms with van der Waals surface area (Å²) in [4.78, 5) is 2.31. The lowest BCUT2D eigenvalue weighted by atomic mass is 9.95. The topological polar surface area (TPSA) is 61.8 Å². The monoisotopic (exact) mass is 281 g/mol. The molecule has 5 heteroatoms. The van der Waals surface area contributed by atoms with Gasteiger partial charge in [0.15, 0.2) is 5.84 Å². The van der Waals surface area contributed by atoms with E-state index < -0.39 is 0 Å². The average Bonchev–Trinajstić information content (AvgIpc) is 2.87. The van der Waals surface area contributed by atoms with Crippen molar-refractivity contribution in [2.75, 3.05) is 18.0 Å². The summed E-state index contributed by atoms with van der Waals surface area (Å²) in [5.41, 5.74) is 7.22. The first kappa shape index (κ1) is 14.0. The fourth-order valence-corrected chi connectivity index (χ4v) is 2.83. The number of halogens is 1. The number of benzene rings is 1. The molecule has 0 aromatic heterocycles. The van der Waals surface area contributed by atoms with Gasteiger partial charge in [0.2, 0.25) is 0 Å². The van der Waals surface area contributed by atoms with Crippen LogP contribution in [0.5, 0.6) is 0 Å². The number of nitrogens with zero attached hydrogens (tertiary/aromatic N) is 2. The molecule has 1 heterocycles. The Kier molecular flexibility index (Phi) is 4.20. The third kappa shape index (κ3) is 2.95. The van der Waals surface area contributed by atoms with Gasteiger partial charge >= 0.3 is 0 Å². The van der Waals surface area contributed by atoms with Gasteiger partial charge in [-0.2, -0.15) is 0 Å². The SMILES string of the molecule is CC(C)C1CCN(c2ccc(/C(N)=N/O)cc2Cl)C1. The van der Waals surface area contributed by atoms with Gasteiger partial charge in [-0.1, -0.05) is 30.6 Å². The van der Waals surface area contributed by atoms with Crippen LogP contribution in [0.1, 0.15) is 25.8 Å². The van der Waals surface area contributed by atoms with E-state index in [9.17, 15) is 0 Å². The summed E-state index contributed by atoms with van der Waals surface area (Å²) in [5, 5.41) is 12.3. The molecule has 3 N–H and O–H groups in total. The first-order chi connectivity index (χ1) is 9.02. The molecule has 0 aliphatic carbocycles. The smallest absolute Gasteiger partial charge is 0.170 e. The molecule has 4 nitrogen and oxygen atoms in total. The fourth-order valence-electron chi connectivity index (χ4n) is 2.53. The quantitative estimate of drug-likeness (QED) is 0.388. The number of anilines is 1. The Morgan fingerprint density at radius 3 is 2.79 bits per heavy atom. The summed E-state index contributed by atoms with van der Waals surface area (Å²) in [6, 6.07) is 5.52. The van der Waals surface area contributed by atoms with Gasteiger partial charge in [-0.15, -0.1) is 0 Å². The molecule has 0 radical (unpaired) electrons. The standard InChI is InChI=1S/C14H20ClN3O/c1-9(2)11-5-6-18(8-11)13-4-3-10(7-12(13)15)14(16)17-19/h3-4,7,9,11,19H,5-6,8H2,1-2H3,(H2,16,17). The number of nitrogens with two attached hydrogens (primary N) is 1. The van der Waals surface area contributed by atoms with Crippen LogP contribution in [-0.4, -0.2) is 24.1 Å². The minimum atomic E-state index is 0.0786. The lowest BCUT2D eigenvalue weighted by Gasteiger charge is -2.21. The molecule has 0 spiro atoms. The second-order valence-corrected chi connectivity index (χ2v) is 5.80. The molecule has 2 rings (SSSR count). The van der Waals surface area contributed by atoms with Gasteiger partial charge in [0.05, 0.1) is 10.7 Å². The van der Waals surface area contributed by atoms with Gasteiger partial charge in [0, 0.05) is 18.7 Å². The molecular weight excluding hydrogens is 262 g/mol. The molecule has 0 saturated carbocycles. The molecule has 1 aliphatic rings. The van der Waals surface area contributed by atoms with E-state index >= 15 is 0 Å². The van der Waals surface area contributed by atoms with Crippen LogP contribution in [0.15, 0.2) is 23.4 Å². The predicted octanol–water partition coefficient (Wildman–Crippen LogP) is 2.92. The Labute approximate surface area is 118 Å². The van der Waals surface area contributed by atoms with Crippen molar-refractivity contribution in [1.29, 1.82) is 0 Å². The third-order valence-electron chi connectivity index (χ3n) is 3.86. The molecule has 19 heavy (non-hydrogen) atoms. The Morgan fingerprint density at radius 1 is 1.53 bits per heavy atom. The zero-order valence-corrected chi connectivity index (χ0v) is 12.1. The Balaban J connectivity index is 2.18. The van der Waals surface area contributed by atoms with E-state index in [4.69, 9.17) is 22.5 Å². The van der Waals surface area contributed by atoms with Crippen LogP contribution >= 0.6 is 11.6 Å². The van der Waals surface area contributed by atoms with Gasteiger partial charge in [-0.3, -0.25) is 0 Å². The lowest BCUT2D eigenvalue weighted by molar-refractivity contribution is 0.318. The summed E-state index contributed by atoms with van der Waals surface area (Å²) in [7, 11) is 0. The summed E-state index contributed by atoms with van der Waals surface area (Å²) in [5.74, 6) is 1.50. The summed E-state index contributed by atoms with van der Waals surface area (Å²) in [6.07, 6.45) is 1.20. The van der Waals surface area contributed by atoms with E-state index in [2.05, 4.69) is 23.9 Å². The largest absolute Gasteiger partial charge is 0.409 e. The Morgan fingerprint density at radius 2 is 2.26 bits per heavy atom. The third-order valence-corrected chi connectivity index (χ3v) is 4.16. The van der Waals surface area contributed by atoms with Crippen molar-refractivity contribution < 1.29 is 5.21 Å². The van der Waals surface area contributed by atoms with E-state index in [1.807, 2.05) is 12.1 Å². The highest BCUT2D eigenvalue weighted by Crippen LogP contribution is 2.33. The van der Waals surface area contributed by atoms with Crippen molar-refractivity contribution >= 4 is 23.1 Å². The first-order valence-electron chi connectivity index (χ1n) is 6.55. The molecule has 104 valence electrons. The van der Waals surface area contributed by atoms with Crippen molar-refractivity contribution in [1.82, 2.24) is 0 Å². The molecule has 1 aromatic rings. The molecule has 1 aromatic carbocycles. The highest BCUT2D eigenvalue weighted by atomic mass is 35.5. The van der Waals surface area contributed by atoms with E-state index in [0.717, 1.165) is 24.7 Å². The highest BCUT2D eigenvalue weighted by Gasteiger charge is 2.26. The first-order valence-corrected chi connectivity index (χ1v) is 6.93. The van der Waals surface area contributed by atoms with Crippen LogP contribution in [0.3, 0.4) is 0 Å². The van der Waals surface area contributed by atoms with E-state index in [1.165, 1.54) is 6.42 Å². The molecular formula is C14H20ClN3O. The van der Waals surface area contributed by atoms with Gasteiger partial charge in [-0.25, -0.2) is 0 Å². The van der Waals surface area contributed by atoms with Crippen molar-refractivity contribution in [3.63, 3.8) is 0 Å². The van der Waals surface area contributed by atoms with Gasteiger partial charge < -0.3 is 15.8 Å². The van der Waals surface area contributed by atoms with Crippen LogP contribution in [0.2, 0.25) is 5.02 Å². The maximum absolute atomic E-state index is 8.67. The number of amidine groups is 1. The average molecular weight is 282 g/mol. The minimum Gasteiger partial charge on any atom is -0.409 e. The van der Waals surface area contributed by atoms with E-state index in [0.29, 0.717) is 16.5 Å². The number of hydrogen-bond acceptors (Lipinski definition) is 3. The zero-order valence-electron chi connectivity index (χ0n) is 11.3. The van der Waals surface area contributed by atoms with E-state index in [-0.39, 0.29) is 5.84 Å². The van der Waals surface area contributed by atoms with Crippen LogP contribution in [0, 0.1) is 11.8 Å². The van der Waals surface area contributed by atoms with Crippen LogP contribution in [0.25, 0.3) is 0 Å². The summed E-state index contributed by atoms with van der Waals surface area (Å²) >= 11 is 6.30. The summed E-state index contributed by atoms with van der Waals surface area (Å²) in [6.45, 7) is 6.60. The van der Waals surface area contributed by atoms with Crippen LogP contribution in [0.4, 0.5) is 5.69 Å². The normalized spacial score (nSPS) is 20.3. The van der Waals surface area contributed by atoms with Gasteiger partial charge in [0.25, 0.3) is 0 Å². The second-order valence-electron chi connectivity index (χ2n) is 5.39. The molecule has 1 aliphatic heterocycles. The Hall–Kier alpha value is -1.42. The molecule has 1 saturated heterocycles. The minimum absolute atomic E-state index is 0.0786. The summed E-state index contributed by atoms with van der Waals surface area (Å²) < 4.78 is 0. The maximum Gasteiger partial charge on any atom is 0.170 e. The van der Waals surface area contributed by atoms with Gasteiger partial charge in [-0.05, 0) is 36.5 Å². The van der Waals surface area contributed by atoms with E-state index in [1.54, 1.807) is 6.07 Å². The molecule has 0 bridgehead atoms. The van der Waals surface area contributed by atoms with Crippen molar-refractivity contribution in [3.8, 4) is 0 Å². The second kappa shape index (κ2) is 5.70. The van der Waals surface area contributed by atoms with Crippen molar-refractivity contribution in [2.24, 2.45) is 22.7 Å². The maximum atomic E-state index is 8.67.